The summed E-state index contributed by atoms with van der Waals surface area (Å²) in [5, 5.41) is 0. The van der Waals surface area contributed by atoms with Crippen LogP contribution in [0.2, 0.25) is 0 Å². The van der Waals surface area contributed by atoms with Gasteiger partial charge in [-0.1, -0.05) is 19.3 Å². The maximum Gasteiger partial charge on any atom is 0.416 e. The minimum atomic E-state index is -4.41. The molecule has 3 rings (SSSR count). The van der Waals surface area contributed by atoms with Gasteiger partial charge in [-0.15, -0.1) is 0 Å². The Bertz CT molecular complexity index is 659. The second-order valence-corrected chi connectivity index (χ2v) is 7.46. The highest BCUT2D eigenvalue weighted by Gasteiger charge is 2.31. The van der Waals surface area contributed by atoms with Crippen molar-refractivity contribution in [1.82, 2.24) is 9.80 Å². The van der Waals surface area contributed by atoms with Crippen molar-refractivity contribution in [2.45, 2.75) is 44.7 Å². The molecule has 1 saturated heterocycles. The summed E-state index contributed by atoms with van der Waals surface area (Å²) in [7, 11) is 0. The fourth-order valence-electron chi connectivity index (χ4n) is 3.91. The summed E-state index contributed by atoms with van der Waals surface area (Å²) in [6, 6.07) is 4.28. The highest BCUT2D eigenvalue weighted by molar-refractivity contribution is 5.94. The zero-order chi connectivity index (χ0) is 19.4. The van der Waals surface area contributed by atoms with Crippen molar-refractivity contribution >= 4 is 11.8 Å². The molecule has 2 fully saturated rings. The Kier molecular flexibility index (Phi) is 6.07. The van der Waals surface area contributed by atoms with E-state index in [2.05, 4.69) is 0 Å². The number of rotatable bonds is 3. The number of amides is 2. The van der Waals surface area contributed by atoms with Crippen LogP contribution in [0.3, 0.4) is 0 Å². The molecule has 7 heteroatoms. The van der Waals surface area contributed by atoms with Crippen LogP contribution in [0.15, 0.2) is 24.3 Å². The van der Waals surface area contributed by atoms with Crippen LogP contribution in [0, 0.1) is 5.92 Å². The van der Waals surface area contributed by atoms with E-state index in [1.165, 1.54) is 31.4 Å². The molecular formula is C20H25F3N2O2. The lowest BCUT2D eigenvalue weighted by Crippen LogP contribution is -2.50. The van der Waals surface area contributed by atoms with Crippen LogP contribution in [0.5, 0.6) is 0 Å². The van der Waals surface area contributed by atoms with Crippen molar-refractivity contribution in [2.24, 2.45) is 5.92 Å². The number of hydrogen-bond acceptors (Lipinski definition) is 2. The van der Waals surface area contributed by atoms with Gasteiger partial charge in [0.05, 0.1) is 5.56 Å². The molecule has 0 bridgehead atoms. The Morgan fingerprint density at radius 3 is 2.00 bits per heavy atom. The molecular weight excluding hydrogens is 357 g/mol. The molecule has 0 N–H and O–H groups in total. The molecule has 0 atom stereocenters. The summed E-state index contributed by atoms with van der Waals surface area (Å²) in [5.41, 5.74) is -0.526. The van der Waals surface area contributed by atoms with Crippen molar-refractivity contribution in [3.05, 3.63) is 35.4 Å². The van der Waals surface area contributed by atoms with Crippen molar-refractivity contribution < 1.29 is 22.8 Å². The molecule has 1 saturated carbocycles. The summed E-state index contributed by atoms with van der Waals surface area (Å²) in [5.74, 6) is 0.352. The van der Waals surface area contributed by atoms with E-state index in [0.717, 1.165) is 25.0 Å². The maximum absolute atomic E-state index is 12.6. The van der Waals surface area contributed by atoms with E-state index >= 15 is 0 Å². The number of hydrogen-bond donors (Lipinski definition) is 0. The van der Waals surface area contributed by atoms with Gasteiger partial charge in [0.15, 0.2) is 0 Å². The zero-order valence-electron chi connectivity index (χ0n) is 15.3. The summed E-state index contributed by atoms with van der Waals surface area (Å²) in [4.78, 5) is 28.4. The van der Waals surface area contributed by atoms with Gasteiger partial charge in [-0.05, 0) is 43.0 Å². The summed E-state index contributed by atoms with van der Waals surface area (Å²) < 4.78 is 37.9. The lowest BCUT2D eigenvalue weighted by atomic mass is 9.86. The zero-order valence-corrected chi connectivity index (χ0v) is 15.3. The number of alkyl halides is 3. The Morgan fingerprint density at radius 1 is 0.889 bits per heavy atom. The SMILES string of the molecule is O=C(CC1CCCCC1)N1CCN(C(=O)c2ccc(C(F)(F)F)cc2)CC1. The van der Waals surface area contributed by atoms with Gasteiger partial charge in [0, 0.05) is 38.2 Å². The predicted octanol–water partition coefficient (Wildman–Crippen LogP) is 3.96. The van der Waals surface area contributed by atoms with E-state index < -0.39 is 11.7 Å². The Labute approximate surface area is 157 Å². The second-order valence-electron chi connectivity index (χ2n) is 7.46. The van der Waals surface area contributed by atoms with Crippen molar-refractivity contribution in [1.29, 1.82) is 0 Å². The van der Waals surface area contributed by atoms with E-state index in [9.17, 15) is 22.8 Å². The molecule has 1 aliphatic carbocycles. The lowest BCUT2D eigenvalue weighted by Gasteiger charge is -2.35. The standard InChI is InChI=1S/C20H25F3N2O2/c21-20(22,23)17-8-6-16(7-9-17)19(27)25-12-10-24(11-13-25)18(26)14-15-4-2-1-3-5-15/h6-9,15H,1-5,10-14H2. The molecule has 1 heterocycles. The normalized spacial score (nSPS) is 19.2. The highest BCUT2D eigenvalue weighted by Crippen LogP contribution is 2.29. The van der Waals surface area contributed by atoms with Crippen LogP contribution in [0.25, 0.3) is 0 Å². The molecule has 27 heavy (non-hydrogen) atoms. The molecule has 4 nitrogen and oxygen atoms in total. The van der Waals surface area contributed by atoms with Gasteiger partial charge >= 0.3 is 6.18 Å². The topological polar surface area (TPSA) is 40.6 Å². The van der Waals surface area contributed by atoms with Gasteiger partial charge in [0.25, 0.3) is 5.91 Å². The Balaban J connectivity index is 1.50. The minimum Gasteiger partial charge on any atom is -0.339 e. The summed E-state index contributed by atoms with van der Waals surface area (Å²) in [6.45, 7) is 1.79. The monoisotopic (exact) mass is 382 g/mol. The molecule has 0 unspecified atom stereocenters. The van der Waals surface area contributed by atoms with Crippen LogP contribution in [-0.2, 0) is 11.0 Å². The number of benzene rings is 1. The van der Waals surface area contributed by atoms with Crippen LogP contribution in [0.1, 0.15) is 54.4 Å². The lowest BCUT2D eigenvalue weighted by molar-refractivity contribution is -0.137. The van der Waals surface area contributed by atoms with E-state index in [-0.39, 0.29) is 17.4 Å². The summed E-state index contributed by atoms with van der Waals surface area (Å²) in [6.07, 6.45) is 2.09. The molecule has 1 aromatic rings. The average Bonchev–Trinajstić information content (AvgIpc) is 2.68. The number of halogens is 3. The smallest absolute Gasteiger partial charge is 0.339 e. The van der Waals surface area contributed by atoms with E-state index in [1.807, 2.05) is 4.90 Å². The number of piperazine rings is 1. The van der Waals surface area contributed by atoms with Crippen LogP contribution >= 0.6 is 0 Å². The largest absolute Gasteiger partial charge is 0.416 e. The fraction of sp³-hybridized carbons (Fsp3) is 0.600. The molecule has 0 aromatic heterocycles. The Morgan fingerprint density at radius 2 is 1.44 bits per heavy atom. The molecule has 1 aliphatic heterocycles. The van der Waals surface area contributed by atoms with E-state index in [4.69, 9.17) is 0 Å². The van der Waals surface area contributed by atoms with Gasteiger partial charge in [-0.3, -0.25) is 9.59 Å². The van der Waals surface area contributed by atoms with Gasteiger partial charge in [-0.2, -0.15) is 13.2 Å². The average molecular weight is 382 g/mol. The van der Waals surface area contributed by atoms with Crippen molar-refractivity contribution in [2.75, 3.05) is 26.2 Å². The first kappa shape index (κ1) is 19.7. The molecule has 2 aliphatic rings. The third-order valence-electron chi connectivity index (χ3n) is 5.57. The quantitative estimate of drug-likeness (QED) is 0.794. The summed E-state index contributed by atoms with van der Waals surface area (Å²) >= 11 is 0. The van der Waals surface area contributed by atoms with Gasteiger partial charge in [0.1, 0.15) is 0 Å². The van der Waals surface area contributed by atoms with Gasteiger partial charge in [0.2, 0.25) is 5.91 Å². The minimum absolute atomic E-state index is 0.156. The van der Waals surface area contributed by atoms with E-state index in [0.29, 0.717) is 38.5 Å². The second kappa shape index (κ2) is 8.31. The molecule has 1 aromatic carbocycles. The first-order valence-electron chi connectivity index (χ1n) is 9.59. The first-order chi connectivity index (χ1) is 12.8. The number of carbonyl (C=O) groups excluding carboxylic acids is 2. The maximum atomic E-state index is 12.6. The fourth-order valence-corrected chi connectivity index (χ4v) is 3.91. The van der Waals surface area contributed by atoms with Crippen molar-refractivity contribution in [3.63, 3.8) is 0 Å². The first-order valence-corrected chi connectivity index (χ1v) is 9.59. The third kappa shape index (κ3) is 5.02. The molecule has 2 amide bonds. The number of nitrogens with zero attached hydrogens (tertiary/aromatic N) is 2. The highest BCUT2D eigenvalue weighted by atomic mass is 19.4. The van der Waals surface area contributed by atoms with Crippen LogP contribution < -0.4 is 0 Å². The van der Waals surface area contributed by atoms with Crippen LogP contribution in [-0.4, -0.2) is 47.8 Å². The van der Waals surface area contributed by atoms with E-state index in [1.54, 1.807) is 4.90 Å². The predicted molar refractivity (Wildman–Crippen MR) is 95.1 cm³/mol. The van der Waals surface area contributed by atoms with Crippen LogP contribution in [0.4, 0.5) is 13.2 Å². The molecule has 0 radical (unpaired) electrons. The Hall–Kier alpha value is -2.05. The molecule has 148 valence electrons. The third-order valence-corrected chi connectivity index (χ3v) is 5.57. The van der Waals surface area contributed by atoms with Gasteiger partial charge in [-0.25, -0.2) is 0 Å². The number of carbonyl (C=O) groups is 2. The molecule has 0 spiro atoms. The van der Waals surface area contributed by atoms with Crippen molar-refractivity contribution in [3.8, 4) is 0 Å². The van der Waals surface area contributed by atoms with Gasteiger partial charge < -0.3 is 9.80 Å².